The quantitative estimate of drug-likeness (QED) is 0.358. The zero-order chi connectivity index (χ0) is 28.3. The number of amides is 2. The molecule has 0 bridgehead atoms. The van der Waals surface area contributed by atoms with Gasteiger partial charge in [0.05, 0.1) is 27.1 Å². The van der Waals surface area contributed by atoms with Gasteiger partial charge >= 0.3 is 12.4 Å². The second-order valence-corrected chi connectivity index (χ2v) is 11.2. The molecule has 5 rings (SSSR count). The third-order valence-electron chi connectivity index (χ3n) is 7.01. The van der Waals surface area contributed by atoms with Crippen molar-refractivity contribution in [3.8, 4) is 10.4 Å². The predicted molar refractivity (Wildman–Crippen MR) is 132 cm³/mol. The molecule has 2 amide bonds. The maximum atomic E-state index is 13.7. The van der Waals surface area contributed by atoms with E-state index in [1.54, 1.807) is 11.8 Å². The van der Waals surface area contributed by atoms with Crippen LogP contribution in [0.2, 0.25) is 0 Å². The molecule has 1 aliphatic carbocycles. The van der Waals surface area contributed by atoms with E-state index in [0.29, 0.717) is 29.3 Å². The monoisotopic (exact) mass is 567 g/mol. The average Bonchev–Trinajstić information content (AvgIpc) is 3.34. The van der Waals surface area contributed by atoms with Gasteiger partial charge in [-0.2, -0.15) is 26.3 Å². The summed E-state index contributed by atoms with van der Waals surface area (Å²) in [5.41, 5.74) is -1.72. The van der Waals surface area contributed by atoms with Gasteiger partial charge in [0.15, 0.2) is 0 Å². The minimum atomic E-state index is -5.06. The Bertz CT molecular complexity index is 1420. The number of aryl methyl sites for hydroxylation is 2. The Morgan fingerprint density at radius 1 is 1.00 bits per heavy atom. The van der Waals surface area contributed by atoms with Gasteiger partial charge < -0.3 is 10.2 Å². The molecule has 2 aromatic carbocycles. The molecular formula is C27H23F6N3O2S. The Hall–Kier alpha value is -3.41. The molecule has 2 fully saturated rings. The number of nitrogens with one attached hydrogen (secondary N) is 1. The van der Waals surface area contributed by atoms with Crippen molar-refractivity contribution in [3.05, 3.63) is 75.4 Å². The van der Waals surface area contributed by atoms with Gasteiger partial charge in [0.2, 0.25) is 0 Å². The van der Waals surface area contributed by atoms with Crippen molar-refractivity contribution in [2.75, 3.05) is 6.54 Å². The fourth-order valence-electron chi connectivity index (χ4n) is 5.13. The molecule has 5 nitrogen and oxygen atoms in total. The highest BCUT2D eigenvalue weighted by Crippen LogP contribution is 2.49. The van der Waals surface area contributed by atoms with Crippen molar-refractivity contribution < 1.29 is 35.9 Å². The van der Waals surface area contributed by atoms with Crippen molar-refractivity contribution >= 4 is 23.2 Å². The number of alkyl halides is 6. The van der Waals surface area contributed by atoms with E-state index < -0.39 is 41.0 Å². The first-order valence-electron chi connectivity index (χ1n) is 12.2. The van der Waals surface area contributed by atoms with E-state index >= 15 is 0 Å². The molecule has 12 heteroatoms. The average molecular weight is 568 g/mol. The smallest absolute Gasteiger partial charge is 0.350 e. The highest BCUT2D eigenvalue weighted by molar-refractivity contribution is 7.15. The minimum absolute atomic E-state index is 0.0245. The third kappa shape index (κ3) is 5.52. The van der Waals surface area contributed by atoms with E-state index in [2.05, 4.69) is 10.3 Å². The molecule has 1 saturated heterocycles. The molecule has 3 atom stereocenters. The van der Waals surface area contributed by atoms with Crippen LogP contribution in [-0.2, 0) is 12.4 Å². The van der Waals surface area contributed by atoms with Gasteiger partial charge in [0.25, 0.3) is 11.8 Å². The molecule has 1 aliphatic heterocycles. The number of fused-ring (bicyclic) bond motifs is 1. The molecule has 0 spiro atoms. The van der Waals surface area contributed by atoms with Crippen LogP contribution in [0.5, 0.6) is 0 Å². The van der Waals surface area contributed by atoms with E-state index in [-0.39, 0.29) is 30.5 Å². The van der Waals surface area contributed by atoms with E-state index in [9.17, 15) is 35.9 Å². The SMILES string of the molecule is Cc1cccc(-c2sc(C)nc2C(=O)N2[C@H](CNC(=O)c3cc(C(F)(F)F)cc(C(F)(F)F)c3)C[C@@H]3C[C@@H]32)c1. The molecule has 0 radical (unpaired) electrons. The van der Waals surface area contributed by atoms with Gasteiger partial charge in [-0.15, -0.1) is 11.3 Å². The van der Waals surface area contributed by atoms with Crippen LogP contribution >= 0.6 is 11.3 Å². The van der Waals surface area contributed by atoms with Crippen molar-refractivity contribution in [2.24, 2.45) is 5.92 Å². The van der Waals surface area contributed by atoms with Crippen LogP contribution in [0.25, 0.3) is 10.4 Å². The number of likely N-dealkylation sites (tertiary alicyclic amines) is 1. The van der Waals surface area contributed by atoms with Gasteiger partial charge in [0, 0.05) is 18.2 Å². The lowest BCUT2D eigenvalue weighted by molar-refractivity contribution is -0.143. The number of thiazole rings is 1. The van der Waals surface area contributed by atoms with E-state index in [1.807, 2.05) is 31.2 Å². The first-order chi connectivity index (χ1) is 18.2. The van der Waals surface area contributed by atoms with Crippen LogP contribution in [-0.4, -0.2) is 40.3 Å². The third-order valence-corrected chi connectivity index (χ3v) is 8.03. The molecule has 0 unspecified atom stereocenters. The fourth-order valence-corrected chi connectivity index (χ4v) is 6.04. The molecule has 1 saturated carbocycles. The molecule has 2 aliphatic rings. The number of carbonyl (C=O) groups is 2. The Labute approximate surface area is 223 Å². The van der Waals surface area contributed by atoms with Crippen molar-refractivity contribution in [3.63, 3.8) is 0 Å². The maximum absolute atomic E-state index is 13.7. The lowest BCUT2D eigenvalue weighted by Gasteiger charge is -2.28. The molecule has 3 aromatic rings. The number of carbonyl (C=O) groups excluding carboxylic acids is 2. The highest BCUT2D eigenvalue weighted by Gasteiger charge is 2.54. The predicted octanol–water partition coefficient (Wildman–Crippen LogP) is 6.50. The van der Waals surface area contributed by atoms with Crippen molar-refractivity contribution in [1.82, 2.24) is 15.2 Å². The van der Waals surface area contributed by atoms with Crippen molar-refractivity contribution in [2.45, 2.75) is 51.1 Å². The number of nitrogens with zero attached hydrogens (tertiary/aromatic N) is 2. The second-order valence-electron chi connectivity index (χ2n) is 9.95. The largest absolute Gasteiger partial charge is 0.416 e. The summed E-state index contributed by atoms with van der Waals surface area (Å²) in [6.45, 7) is 3.62. The van der Waals surface area contributed by atoms with E-state index in [1.165, 1.54) is 11.3 Å². The Morgan fingerprint density at radius 3 is 2.28 bits per heavy atom. The molecule has 39 heavy (non-hydrogen) atoms. The van der Waals surface area contributed by atoms with Crippen LogP contribution in [0.15, 0.2) is 42.5 Å². The standard InChI is InChI=1S/C27H23F6N3O2S/c1-13-4-3-5-15(6-13)23-22(35-14(2)39-23)25(38)36-20(9-16-10-21(16)36)12-34-24(37)17-7-18(26(28,29)30)11-19(8-17)27(31,32)33/h3-8,11,16,20-21H,9-10,12H2,1-2H3,(H,34,37)/t16-,20+,21+/m1/s1. The maximum Gasteiger partial charge on any atom is 0.416 e. The lowest BCUT2D eigenvalue weighted by atomic mass is 10.0. The summed E-state index contributed by atoms with van der Waals surface area (Å²) in [4.78, 5) is 33.3. The zero-order valence-corrected chi connectivity index (χ0v) is 21.6. The van der Waals surface area contributed by atoms with E-state index in [4.69, 9.17) is 0 Å². The summed E-state index contributed by atoms with van der Waals surface area (Å²) in [5, 5.41) is 3.15. The molecule has 1 aromatic heterocycles. The number of halogens is 6. The van der Waals surface area contributed by atoms with E-state index in [0.717, 1.165) is 22.4 Å². The van der Waals surface area contributed by atoms with Crippen LogP contribution in [0.1, 0.15) is 55.4 Å². The molecular weight excluding hydrogens is 544 g/mol. The van der Waals surface area contributed by atoms with Crippen LogP contribution < -0.4 is 5.32 Å². The number of aromatic nitrogens is 1. The summed E-state index contributed by atoms with van der Waals surface area (Å²) in [6.07, 6.45) is -8.77. The van der Waals surface area contributed by atoms with Gasteiger partial charge in [-0.25, -0.2) is 4.98 Å². The Morgan fingerprint density at radius 2 is 1.67 bits per heavy atom. The first kappa shape index (κ1) is 27.2. The summed E-state index contributed by atoms with van der Waals surface area (Å²) in [6, 6.07) is 7.92. The second kappa shape index (κ2) is 9.65. The van der Waals surface area contributed by atoms with Crippen molar-refractivity contribution in [1.29, 1.82) is 0 Å². The van der Waals surface area contributed by atoms with Crippen LogP contribution in [0.3, 0.4) is 0 Å². The van der Waals surface area contributed by atoms with Crippen LogP contribution in [0, 0.1) is 19.8 Å². The topological polar surface area (TPSA) is 62.3 Å². The van der Waals surface area contributed by atoms with Gasteiger partial charge in [0.1, 0.15) is 5.69 Å². The Kier molecular flexibility index (Phi) is 6.72. The zero-order valence-electron chi connectivity index (χ0n) is 20.8. The molecule has 2 heterocycles. The first-order valence-corrected chi connectivity index (χ1v) is 13.0. The van der Waals surface area contributed by atoms with Gasteiger partial charge in [-0.3, -0.25) is 9.59 Å². The summed E-state index contributed by atoms with van der Waals surface area (Å²) in [7, 11) is 0. The highest BCUT2D eigenvalue weighted by atomic mass is 32.1. The lowest BCUT2D eigenvalue weighted by Crippen LogP contribution is -2.45. The number of piperidine rings is 1. The van der Waals surface area contributed by atoms with Gasteiger partial charge in [-0.1, -0.05) is 29.8 Å². The number of rotatable bonds is 5. The van der Waals surface area contributed by atoms with Gasteiger partial charge in [-0.05, 0) is 56.4 Å². The number of benzene rings is 2. The summed E-state index contributed by atoms with van der Waals surface area (Å²) >= 11 is 1.39. The van der Waals surface area contributed by atoms with Crippen LogP contribution in [0.4, 0.5) is 26.3 Å². The Balaban J connectivity index is 1.36. The molecule has 206 valence electrons. The summed E-state index contributed by atoms with van der Waals surface area (Å²) in [5.74, 6) is -1.16. The normalized spacial score (nSPS) is 20.6. The number of hydrogen-bond donors (Lipinski definition) is 1. The minimum Gasteiger partial charge on any atom is -0.350 e. The molecule has 1 N–H and O–H groups in total. The fraction of sp³-hybridized carbons (Fsp3) is 0.370. The number of hydrogen-bond acceptors (Lipinski definition) is 4. The summed E-state index contributed by atoms with van der Waals surface area (Å²) < 4.78 is 79.3.